The second kappa shape index (κ2) is 7.27. The van der Waals surface area contributed by atoms with E-state index in [1.165, 1.54) is 12.8 Å². The summed E-state index contributed by atoms with van der Waals surface area (Å²) in [6.45, 7) is 7.07. The third kappa shape index (κ3) is 4.22. The Morgan fingerprint density at radius 3 is 2.50 bits per heavy atom. The normalized spacial score (nSPS) is 14.1. The van der Waals surface area contributed by atoms with Gasteiger partial charge in [0.2, 0.25) is 0 Å². The fourth-order valence-electron chi connectivity index (χ4n) is 1.89. The van der Waals surface area contributed by atoms with Crippen LogP contribution in [0.15, 0.2) is 18.2 Å². The number of rotatable bonds is 7. The van der Waals surface area contributed by atoms with Gasteiger partial charge in [-0.05, 0) is 37.0 Å². The van der Waals surface area contributed by atoms with Crippen LogP contribution in [-0.4, -0.2) is 13.7 Å². The lowest BCUT2D eigenvalue weighted by atomic mass is 10.1. The van der Waals surface area contributed by atoms with Crippen molar-refractivity contribution in [2.24, 2.45) is 11.7 Å². The first kappa shape index (κ1) is 14.8. The van der Waals surface area contributed by atoms with Crippen molar-refractivity contribution in [3.63, 3.8) is 0 Å². The van der Waals surface area contributed by atoms with E-state index in [0.29, 0.717) is 5.92 Å². The highest BCUT2D eigenvalue weighted by Gasteiger charge is 2.09. The minimum Gasteiger partial charge on any atom is -0.493 e. The Bertz CT molecular complexity index is 364. The van der Waals surface area contributed by atoms with Gasteiger partial charge in [0, 0.05) is 6.04 Å². The highest BCUT2D eigenvalue weighted by Crippen LogP contribution is 2.30. The van der Waals surface area contributed by atoms with E-state index in [1.807, 2.05) is 25.1 Å². The lowest BCUT2D eigenvalue weighted by Crippen LogP contribution is -2.10. The Balaban J connectivity index is 2.70. The molecule has 0 saturated carbocycles. The maximum Gasteiger partial charge on any atom is 0.161 e. The molecule has 1 rings (SSSR count). The number of hydrogen-bond donors (Lipinski definition) is 1. The maximum absolute atomic E-state index is 5.85. The second-order valence-corrected chi connectivity index (χ2v) is 4.90. The monoisotopic (exact) mass is 251 g/mol. The van der Waals surface area contributed by atoms with Crippen LogP contribution >= 0.6 is 0 Å². The molecular weight excluding hydrogens is 226 g/mol. The average Bonchev–Trinajstić information content (AvgIpc) is 2.36. The third-order valence-electron chi connectivity index (χ3n) is 3.02. The number of nitrogens with two attached hydrogens (primary N) is 1. The smallest absolute Gasteiger partial charge is 0.161 e. The zero-order valence-electron chi connectivity index (χ0n) is 11.9. The fraction of sp³-hybridized carbons (Fsp3) is 0.600. The van der Waals surface area contributed by atoms with Crippen LogP contribution in [0.3, 0.4) is 0 Å². The number of ether oxygens (including phenoxy) is 2. The Morgan fingerprint density at radius 1 is 1.22 bits per heavy atom. The molecule has 3 heteroatoms. The van der Waals surface area contributed by atoms with Crippen LogP contribution in [0, 0.1) is 5.92 Å². The summed E-state index contributed by atoms with van der Waals surface area (Å²) in [5, 5.41) is 0. The summed E-state index contributed by atoms with van der Waals surface area (Å²) >= 11 is 0. The van der Waals surface area contributed by atoms with Crippen molar-refractivity contribution in [2.45, 2.75) is 39.7 Å². The lowest BCUT2D eigenvalue weighted by molar-refractivity contribution is 0.240. The van der Waals surface area contributed by atoms with Gasteiger partial charge in [0.05, 0.1) is 13.7 Å². The molecule has 2 N–H and O–H groups in total. The Kier molecular flexibility index (Phi) is 5.99. The molecule has 0 bridgehead atoms. The maximum atomic E-state index is 5.85. The molecule has 0 amide bonds. The number of benzene rings is 1. The van der Waals surface area contributed by atoms with Crippen molar-refractivity contribution in [1.82, 2.24) is 0 Å². The van der Waals surface area contributed by atoms with Crippen LogP contribution in [0.2, 0.25) is 0 Å². The molecule has 0 aliphatic carbocycles. The largest absolute Gasteiger partial charge is 0.493 e. The second-order valence-electron chi connectivity index (χ2n) is 4.90. The zero-order chi connectivity index (χ0) is 13.5. The molecule has 18 heavy (non-hydrogen) atoms. The minimum atomic E-state index is 0.00645. The molecule has 0 aliphatic rings. The first-order valence-corrected chi connectivity index (χ1v) is 6.64. The molecule has 1 unspecified atom stereocenters. The topological polar surface area (TPSA) is 44.5 Å². The molecule has 102 valence electrons. The van der Waals surface area contributed by atoms with Gasteiger partial charge in [-0.2, -0.15) is 0 Å². The summed E-state index contributed by atoms with van der Waals surface area (Å²) in [4.78, 5) is 0. The molecule has 2 atom stereocenters. The molecule has 3 nitrogen and oxygen atoms in total. The van der Waals surface area contributed by atoms with Crippen molar-refractivity contribution >= 4 is 0 Å². The van der Waals surface area contributed by atoms with Crippen LogP contribution in [0.5, 0.6) is 11.5 Å². The SMILES string of the molecule is CCCC(C)COc1ccc([C@H](C)N)cc1OC. The average molecular weight is 251 g/mol. The molecule has 1 aromatic carbocycles. The molecule has 0 aliphatic heterocycles. The summed E-state index contributed by atoms with van der Waals surface area (Å²) in [7, 11) is 1.66. The van der Waals surface area contributed by atoms with Crippen molar-refractivity contribution in [3.8, 4) is 11.5 Å². The van der Waals surface area contributed by atoms with E-state index in [0.717, 1.165) is 23.7 Å². The van der Waals surface area contributed by atoms with E-state index in [-0.39, 0.29) is 6.04 Å². The van der Waals surface area contributed by atoms with Crippen LogP contribution in [0.25, 0.3) is 0 Å². The van der Waals surface area contributed by atoms with Gasteiger partial charge in [-0.3, -0.25) is 0 Å². The van der Waals surface area contributed by atoms with Crippen molar-refractivity contribution < 1.29 is 9.47 Å². The molecular formula is C15H25NO2. The van der Waals surface area contributed by atoms with E-state index in [1.54, 1.807) is 7.11 Å². The van der Waals surface area contributed by atoms with Gasteiger partial charge in [0.25, 0.3) is 0 Å². The first-order valence-electron chi connectivity index (χ1n) is 6.64. The molecule has 0 heterocycles. The van der Waals surface area contributed by atoms with E-state index in [9.17, 15) is 0 Å². The fourth-order valence-corrected chi connectivity index (χ4v) is 1.89. The van der Waals surface area contributed by atoms with E-state index in [4.69, 9.17) is 15.2 Å². The Hall–Kier alpha value is -1.22. The predicted molar refractivity (Wildman–Crippen MR) is 75.2 cm³/mol. The Morgan fingerprint density at radius 2 is 1.94 bits per heavy atom. The van der Waals surface area contributed by atoms with Gasteiger partial charge >= 0.3 is 0 Å². The van der Waals surface area contributed by atoms with Crippen molar-refractivity contribution in [1.29, 1.82) is 0 Å². The lowest BCUT2D eigenvalue weighted by Gasteiger charge is -2.16. The van der Waals surface area contributed by atoms with E-state index < -0.39 is 0 Å². The summed E-state index contributed by atoms with van der Waals surface area (Å²) < 4.78 is 11.2. The molecule has 0 saturated heterocycles. The predicted octanol–water partition coefficient (Wildman–Crippen LogP) is 3.53. The van der Waals surface area contributed by atoms with Crippen LogP contribution in [0.4, 0.5) is 0 Å². The summed E-state index contributed by atoms with van der Waals surface area (Å²) in [6.07, 6.45) is 2.37. The molecule has 1 aromatic rings. The quantitative estimate of drug-likeness (QED) is 0.806. The van der Waals surface area contributed by atoms with Gasteiger partial charge in [-0.15, -0.1) is 0 Å². The molecule has 0 radical (unpaired) electrons. The van der Waals surface area contributed by atoms with Crippen LogP contribution in [-0.2, 0) is 0 Å². The number of hydrogen-bond acceptors (Lipinski definition) is 3. The first-order chi connectivity index (χ1) is 8.58. The van der Waals surface area contributed by atoms with E-state index in [2.05, 4.69) is 13.8 Å². The van der Waals surface area contributed by atoms with Crippen LogP contribution < -0.4 is 15.2 Å². The van der Waals surface area contributed by atoms with Crippen LogP contribution in [0.1, 0.15) is 45.2 Å². The van der Waals surface area contributed by atoms with Gasteiger partial charge in [-0.25, -0.2) is 0 Å². The molecule has 0 aromatic heterocycles. The van der Waals surface area contributed by atoms with E-state index >= 15 is 0 Å². The standard InChI is InChI=1S/C15H25NO2/c1-5-6-11(2)10-18-14-8-7-13(12(3)16)9-15(14)17-4/h7-9,11-12H,5-6,10,16H2,1-4H3/t11?,12-/m0/s1. The van der Waals surface area contributed by atoms with Crippen molar-refractivity contribution in [3.05, 3.63) is 23.8 Å². The summed E-state index contributed by atoms with van der Waals surface area (Å²) in [6, 6.07) is 5.89. The van der Waals surface area contributed by atoms with Gasteiger partial charge in [-0.1, -0.05) is 26.3 Å². The third-order valence-corrected chi connectivity index (χ3v) is 3.02. The molecule has 0 spiro atoms. The minimum absolute atomic E-state index is 0.00645. The van der Waals surface area contributed by atoms with Gasteiger partial charge < -0.3 is 15.2 Å². The van der Waals surface area contributed by atoms with Gasteiger partial charge in [0.15, 0.2) is 11.5 Å². The van der Waals surface area contributed by atoms with Gasteiger partial charge in [0.1, 0.15) is 0 Å². The zero-order valence-corrected chi connectivity index (χ0v) is 11.9. The Labute approximate surface area is 110 Å². The highest BCUT2D eigenvalue weighted by atomic mass is 16.5. The summed E-state index contributed by atoms with van der Waals surface area (Å²) in [5.41, 5.74) is 6.91. The number of methoxy groups -OCH3 is 1. The highest BCUT2D eigenvalue weighted by molar-refractivity contribution is 5.43. The van der Waals surface area contributed by atoms with Crippen molar-refractivity contribution in [2.75, 3.05) is 13.7 Å². The summed E-state index contributed by atoms with van der Waals surface area (Å²) in [5.74, 6) is 2.12. The molecule has 0 fully saturated rings.